The summed E-state index contributed by atoms with van der Waals surface area (Å²) in [4.78, 5) is 12.3. The molecule has 2 heterocycles. The number of nitrogen functional groups attached to an aromatic ring is 1. The smallest absolute Gasteiger partial charge is 0.145 e. The van der Waals surface area contributed by atoms with E-state index in [-0.39, 0.29) is 0 Å². The van der Waals surface area contributed by atoms with Crippen molar-refractivity contribution in [2.45, 2.75) is 6.42 Å². The number of anilines is 1. The molecule has 0 unspecified atom stereocenters. The van der Waals surface area contributed by atoms with Gasteiger partial charge in [0, 0.05) is 31.8 Å². The van der Waals surface area contributed by atoms with Gasteiger partial charge >= 0.3 is 0 Å². The number of aryl methyl sites for hydroxylation is 1. The van der Waals surface area contributed by atoms with Gasteiger partial charge in [0.15, 0.2) is 0 Å². The molecular weight excluding hydrogens is 178 g/mol. The van der Waals surface area contributed by atoms with Crippen molar-refractivity contribution in [2.24, 2.45) is 7.05 Å². The van der Waals surface area contributed by atoms with Crippen LogP contribution in [0, 0.1) is 0 Å². The van der Waals surface area contributed by atoms with Crippen molar-refractivity contribution >= 4 is 5.82 Å². The van der Waals surface area contributed by atoms with Crippen LogP contribution in [0.15, 0.2) is 24.8 Å². The van der Waals surface area contributed by atoms with Crippen LogP contribution < -0.4 is 5.73 Å². The number of nitrogens with two attached hydrogens (primary N) is 1. The molecule has 2 rings (SSSR count). The first-order valence-corrected chi connectivity index (χ1v) is 4.29. The van der Waals surface area contributed by atoms with E-state index in [4.69, 9.17) is 5.73 Å². The maximum Gasteiger partial charge on any atom is 0.145 e. The molecular formula is C9H11N5. The minimum absolute atomic E-state index is 0.468. The maximum atomic E-state index is 5.68. The fourth-order valence-corrected chi connectivity index (χ4v) is 1.23. The third-order valence-electron chi connectivity index (χ3n) is 2.05. The van der Waals surface area contributed by atoms with E-state index >= 15 is 0 Å². The lowest BCUT2D eigenvalue weighted by molar-refractivity contribution is 0.810. The van der Waals surface area contributed by atoms with Gasteiger partial charge in [-0.3, -0.25) is 4.98 Å². The zero-order valence-electron chi connectivity index (χ0n) is 7.88. The number of aromatic nitrogens is 4. The summed E-state index contributed by atoms with van der Waals surface area (Å²) in [6, 6.07) is 0. The van der Waals surface area contributed by atoms with E-state index in [1.54, 1.807) is 18.6 Å². The summed E-state index contributed by atoms with van der Waals surface area (Å²) in [5.41, 5.74) is 6.44. The van der Waals surface area contributed by atoms with E-state index < -0.39 is 0 Å². The lowest BCUT2D eigenvalue weighted by Crippen LogP contribution is -2.04. The average molecular weight is 189 g/mol. The molecule has 72 valence electrons. The number of nitrogens with zero attached hydrogens (tertiary/aromatic N) is 4. The molecule has 2 aromatic rings. The van der Waals surface area contributed by atoms with Gasteiger partial charge < -0.3 is 10.3 Å². The van der Waals surface area contributed by atoms with Crippen molar-refractivity contribution in [3.63, 3.8) is 0 Å². The van der Waals surface area contributed by atoms with Crippen LogP contribution >= 0.6 is 0 Å². The Kier molecular flexibility index (Phi) is 2.14. The minimum Gasteiger partial charge on any atom is -0.382 e. The van der Waals surface area contributed by atoms with E-state index in [1.165, 1.54) is 0 Å². The number of imidazole rings is 1. The molecule has 0 aliphatic carbocycles. The fraction of sp³-hybridized carbons (Fsp3) is 0.222. The largest absolute Gasteiger partial charge is 0.382 e. The zero-order valence-corrected chi connectivity index (χ0v) is 7.88. The van der Waals surface area contributed by atoms with E-state index in [0.717, 1.165) is 11.5 Å². The van der Waals surface area contributed by atoms with Crippen molar-refractivity contribution in [3.8, 4) is 0 Å². The summed E-state index contributed by atoms with van der Waals surface area (Å²) in [6.07, 6.45) is 7.47. The second-order valence-corrected chi connectivity index (χ2v) is 3.02. The molecule has 0 amide bonds. The van der Waals surface area contributed by atoms with E-state index in [1.807, 2.05) is 17.8 Å². The lowest BCUT2D eigenvalue weighted by Gasteiger charge is -2.02. The van der Waals surface area contributed by atoms with Gasteiger partial charge in [0.1, 0.15) is 11.6 Å². The highest BCUT2D eigenvalue weighted by molar-refractivity contribution is 5.34. The first-order valence-electron chi connectivity index (χ1n) is 4.29. The first kappa shape index (κ1) is 8.68. The number of rotatable bonds is 2. The van der Waals surface area contributed by atoms with Crippen LogP contribution in [0.25, 0.3) is 0 Å². The van der Waals surface area contributed by atoms with E-state index in [0.29, 0.717) is 12.2 Å². The van der Waals surface area contributed by atoms with E-state index in [2.05, 4.69) is 15.0 Å². The Balaban J connectivity index is 2.28. The molecule has 5 heteroatoms. The predicted molar refractivity (Wildman–Crippen MR) is 52.5 cm³/mol. The Bertz CT molecular complexity index is 434. The predicted octanol–water partition coefficient (Wildman–Crippen LogP) is 0.383. The highest BCUT2D eigenvalue weighted by atomic mass is 15.0. The van der Waals surface area contributed by atoms with Crippen molar-refractivity contribution in [2.75, 3.05) is 5.73 Å². The van der Waals surface area contributed by atoms with Crippen LogP contribution in [-0.4, -0.2) is 19.5 Å². The Morgan fingerprint density at radius 1 is 1.21 bits per heavy atom. The third-order valence-corrected chi connectivity index (χ3v) is 2.05. The van der Waals surface area contributed by atoms with Crippen molar-refractivity contribution < 1.29 is 0 Å². The summed E-state index contributed by atoms with van der Waals surface area (Å²) in [5, 5.41) is 0. The molecule has 0 radical (unpaired) electrons. The van der Waals surface area contributed by atoms with Crippen LogP contribution in [0.3, 0.4) is 0 Å². The molecule has 0 aliphatic heterocycles. The van der Waals surface area contributed by atoms with Gasteiger partial charge in [0.05, 0.1) is 12.1 Å². The van der Waals surface area contributed by atoms with Gasteiger partial charge in [-0.25, -0.2) is 9.97 Å². The summed E-state index contributed by atoms with van der Waals surface area (Å²) < 4.78 is 1.94. The van der Waals surface area contributed by atoms with Crippen LogP contribution in [0.4, 0.5) is 5.82 Å². The van der Waals surface area contributed by atoms with Gasteiger partial charge in [-0.05, 0) is 0 Å². The highest BCUT2D eigenvalue weighted by Crippen LogP contribution is 2.08. The summed E-state index contributed by atoms with van der Waals surface area (Å²) in [6.45, 7) is 0. The monoisotopic (exact) mass is 189 g/mol. The zero-order chi connectivity index (χ0) is 9.97. The third kappa shape index (κ3) is 1.56. The summed E-state index contributed by atoms with van der Waals surface area (Å²) in [7, 11) is 1.94. The first-order chi connectivity index (χ1) is 6.77. The van der Waals surface area contributed by atoms with Crippen LogP contribution in [0.1, 0.15) is 11.5 Å². The van der Waals surface area contributed by atoms with Crippen molar-refractivity contribution in [1.29, 1.82) is 0 Å². The second kappa shape index (κ2) is 3.45. The van der Waals surface area contributed by atoms with Gasteiger partial charge in [-0.2, -0.15) is 0 Å². The molecule has 0 saturated heterocycles. The Labute approximate surface area is 81.6 Å². The average Bonchev–Trinajstić information content (AvgIpc) is 2.56. The van der Waals surface area contributed by atoms with Gasteiger partial charge in [-0.15, -0.1) is 0 Å². The summed E-state index contributed by atoms with van der Waals surface area (Å²) >= 11 is 0. The second-order valence-electron chi connectivity index (χ2n) is 3.02. The molecule has 0 bridgehead atoms. The standard InChI is InChI=1S/C9H11N5/c1-14-5-4-12-8(14)6-7-9(10)13-3-2-11-7/h2-5H,6H2,1H3,(H2,10,13). The minimum atomic E-state index is 0.468. The van der Waals surface area contributed by atoms with E-state index in [9.17, 15) is 0 Å². The summed E-state index contributed by atoms with van der Waals surface area (Å²) in [5.74, 6) is 1.40. The van der Waals surface area contributed by atoms with Crippen LogP contribution in [0.5, 0.6) is 0 Å². The topological polar surface area (TPSA) is 69.6 Å². The molecule has 0 aromatic carbocycles. The molecule has 0 spiro atoms. The quantitative estimate of drug-likeness (QED) is 0.741. The molecule has 0 atom stereocenters. The van der Waals surface area contributed by atoms with Crippen LogP contribution in [0.2, 0.25) is 0 Å². The maximum absolute atomic E-state index is 5.68. The molecule has 0 aliphatic rings. The molecule has 2 aromatic heterocycles. The normalized spacial score (nSPS) is 10.4. The molecule has 0 fully saturated rings. The number of hydrogen-bond acceptors (Lipinski definition) is 4. The SMILES string of the molecule is Cn1ccnc1Cc1nccnc1N. The molecule has 14 heavy (non-hydrogen) atoms. The fourth-order valence-electron chi connectivity index (χ4n) is 1.23. The Morgan fingerprint density at radius 2 is 2.00 bits per heavy atom. The lowest BCUT2D eigenvalue weighted by atomic mass is 10.3. The van der Waals surface area contributed by atoms with Gasteiger partial charge in [0.25, 0.3) is 0 Å². The van der Waals surface area contributed by atoms with Crippen LogP contribution in [-0.2, 0) is 13.5 Å². The number of hydrogen-bond donors (Lipinski definition) is 1. The van der Waals surface area contributed by atoms with Crippen molar-refractivity contribution in [3.05, 3.63) is 36.3 Å². The van der Waals surface area contributed by atoms with Crippen molar-refractivity contribution in [1.82, 2.24) is 19.5 Å². The molecule has 2 N–H and O–H groups in total. The molecule has 5 nitrogen and oxygen atoms in total. The highest BCUT2D eigenvalue weighted by Gasteiger charge is 2.05. The molecule has 0 saturated carbocycles. The van der Waals surface area contributed by atoms with Gasteiger partial charge in [-0.1, -0.05) is 0 Å². The Hall–Kier alpha value is -1.91. The van der Waals surface area contributed by atoms with Gasteiger partial charge in [0.2, 0.25) is 0 Å². The Morgan fingerprint density at radius 3 is 2.64 bits per heavy atom.